The van der Waals surface area contributed by atoms with Crippen molar-refractivity contribution < 1.29 is 9.59 Å². The van der Waals surface area contributed by atoms with Crippen molar-refractivity contribution in [3.8, 4) is 0 Å². The molecule has 1 unspecified atom stereocenters. The Morgan fingerprint density at radius 3 is 2.52 bits per heavy atom. The van der Waals surface area contributed by atoms with Crippen LogP contribution in [0.4, 0.5) is 0 Å². The molecule has 6 heteroatoms. The molecule has 114 valence electrons. The van der Waals surface area contributed by atoms with Crippen LogP contribution in [0.1, 0.15) is 54.2 Å². The highest BCUT2D eigenvalue weighted by Crippen LogP contribution is 2.37. The minimum atomic E-state index is -0.642. The minimum Gasteiger partial charge on any atom is -0.340 e. The van der Waals surface area contributed by atoms with Gasteiger partial charge in [0.05, 0.1) is 16.7 Å². The zero-order valence-corrected chi connectivity index (χ0v) is 13.5. The highest BCUT2D eigenvalue weighted by Gasteiger charge is 2.49. The fraction of sp³-hybridized carbons (Fsp3) is 0.667. The van der Waals surface area contributed by atoms with Crippen LogP contribution in [0, 0.1) is 13.8 Å². The van der Waals surface area contributed by atoms with Crippen molar-refractivity contribution >= 4 is 23.2 Å². The number of thiazole rings is 1. The molecular formula is C15H21N3O2S. The van der Waals surface area contributed by atoms with Crippen LogP contribution >= 0.6 is 11.3 Å². The SMILES string of the molecule is Cc1nc(C)c(C(C)N2CC(=O)NC3(CCCC3)C2=O)s1. The Balaban J connectivity index is 1.91. The van der Waals surface area contributed by atoms with E-state index in [2.05, 4.69) is 10.3 Å². The second-order valence-corrected chi connectivity index (χ2v) is 7.36. The van der Waals surface area contributed by atoms with Gasteiger partial charge in [-0.25, -0.2) is 4.98 Å². The summed E-state index contributed by atoms with van der Waals surface area (Å²) >= 11 is 1.61. The molecule has 1 saturated heterocycles. The lowest BCUT2D eigenvalue weighted by Crippen LogP contribution is -2.65. The Morgan fingerprint density at radius 2 is 1.95 bits per heavy atom. The van der Waals surface area contributed by atoms with E-state index in [1.165, 1.54) is 0 Å². The number of amides is 2. The largest absolute Gasteiger partial charge is 0.340 e. The highest BCUT2D eigenvalue weighted by atomic mass is 32.1. The molecule has 0 radical (unpaired) electrons. The van der Waals surface area contributed by atoms with Crippen LogP contribution in [0.25, 0.3) is 0 Å². The lowest BCUT2D eigenvalue weighted by molar-refractivity contribution is -0.152. The summed E-state index contributed by atoms with van der Waals surface area (Å²) in [6.07, 6.45) is 3.54. The first-order valence-corrected chi connectivity index (χ1v) is 8.30. The van der Waals surface area contributed by atoms with Crippen LogP contribution < -0.4 is 5.32 Å². The van der Waals surface area contributed by atoms with Crippen molar-refractivity contribution in [2.24, 2.45) is 0 Å². The van der Waals surface area contributed by atoms with Crippen molar-refractivity contribution in [1.29, 1.82) is 0 Å². The van der Waals surface area contributed by atoms with E-state index in [9.17, 15) is 9.59 Å². The first-order valence-electron chi connectivity index (χ1n) is 7.49. The second kappa shape index (κ2) is 5.09. The Bertz CT molecular complexity index is 590. The van der Waals surface area contributed by atoms with Gasteiger partial charge in [0.25, 0.3) is 0 Å². The molecule has 2 amide bonds. The van der Waals surface area contributed by atoms with Gasteiger partial charge in [0, 0.05) is 4.88 Å². The number of hydrogen-bond acceptors (Lipinski definition) is 4. The van der Waals surface area contributed by atoms with Gasteiger partial charge in [-0.3, -0.25) is 9.59 Å². The molecule has 1 aliphatic heterocycles. The van der Waals surface area contributed by atoms with E-state index in [0.717, 1.165) is 41.3 Å². The number of carbonyl (C=O) groups is 2. The predicted molar refractivity (Wildman–Crippen MR) is 81.1 cm³/mol. The smallest absolute Gasteiger partial charge is 0.249 e. The summed E-state index contributed by atoms with van der Waals surface area (Å²) in [7, 11) is 0. The van der Waals surface area contributed by atoms with E-state index < -0.39 is 5.54 Å². The maximum absolute atomic E-state index is 12.9. The average molecular weight is 307 g/mol. The Hall–Kier alpha value is -1.43. The van der Waals surface area contributed by atoms with E-state index in [4.69, 9.17) is 0 Å². The van der Waals surface area contributed by atoms with Gasteiger partial charge < -0.3 is 10.2 Å². The highest BCUT2D eigenvalue weighted by molar-refractivity contribution is 7.11. The zero-order chi connectivity index (χ0) is 15.2. The molecule has 1 aromatic rings. The zero-order valence-electron chi connectivity index (χ0n) is 12.7. The summed E-state index contributed by atoms with van der Waals surface area (Å²) in [6, 6.07) is -0.0905. The summed E-state index contributed by atoms with van der Waals surface area (Å²) in [5.74, 6) is 0.0415. The van der Waals surface area contributed by atoms with Crippen LogP contribution in [0.5, 0.6) is 0 Å². The first kappa shape index (κ1) is 14.5. The van der Waals surface area contributed by atoms with E-state index in [1.807, 2.05) is 20.8 Å². The molecule has 0 bridgehead atoms. The van der Waals surface area contributed by atoms with Gasteiger partial charge >= 0.3 is 0 Å². The van der Waals surface area contributed by atoms with Crippen molar-refractivity contribution in [1.82, 2.24) is 15.2 Å². The van der Waals surface area contributed by atoms with Crippen LogP contribution in [-0.4, -0.2) is 33.8 Å². The molecule has 1 aromatic heterocycles. The Labute approximate surface area is 128 Å². The third kappa shape index (κ3) is 2.35. The van der Waals surface area contributed by atoms with Crippen molar-refractivity contribution in [3.05, 3.63) is 15.6 Å². The maximum Gasteiger partial charge on any atom is 0.249 e. The number of rotatable bonds is 2. The van der Waals surface area contributed by atoms with Crippen molar-refractivity contribution in [3.63, 3.8) is 0 Å². The van der Waals surface area contributed by atoms with E-state index >= 15 is 0 Å². The summed E-state index contributed by atoms with van der Waals surface area (Å²) < 4.78 is 0. The summed E-state index contributed by atoms with van der Waals surface area (Å²) in [6.45, 7) is 6.09. The fourth-order valence-corrected chi connectivity index (χ4v) is 4.56. The minimum absolute atomic E-state index is 0.0396. The molecular weight excluding hydrogens is 286 g/mol. The van der Waals surface area contributed by atoms with Gasteiger partial charge in [-0.15, -0.1) is 11.3 Å². The van der Waals surface area contributed by atoms with Gasteiger partial charge in [0.15, 0.2) is 0 Å². The quantitative estimate of drug-likeness (QED) is 0.910. The van der Waals surface area contributed by atoms with Crippen LogP contribution in [0.15, 0.2) is 0 Å². The van der Waals surface area contributed by atoms with Gasteiger partial charge in [-0.2, -0.15) is 0 Å². The van der Waals surface area contributed by atoms with Gasteiger partial charge in [-0.05, 0) is 33.6 Å². The summed E-state index contributed by atoms with van der Waals surface area (Å²) in [5.41, 5.74) is 0.321. The fourth-order valence-electron chi connectivity index (χ4n) is 3.57. The predicted octanol–water partition coefficient (Wildman–Crippen LogP) is 2.09. The number of nitrogens with zero attached hydrogens (tertiary/aromatic N) is 2. The molecule has 2 aliphatic rings. The molecule has 1 atom stereocenters. The molecule has 1 spiro atoms. The van der Waals surface area contributed by atoms with Crippen LogP contribution in [0.3, 0.4) is 0 Å². The van der Waals surface area contributed by atoms with Gasteiger partial charge in [-0.1, -0.05) is 12.8 Å². The third-order valence-electron chi connectivity index (χ3n) is 4.61. The standard InChI is InChI=1S/C15H21N3O2S/c1-9-13(21-11(3)16-9)10(2)18-8-12(19)17-15(14(18)20)6-4-5-7-15/h10H,4-8H2,1-3H3,(H,17,19). The lowest BCUT2D eigenvalue weighted by Gasteiger charge is -2.42. The lowest BCUT2D eigenvalue weighted by atomic mass is 9.92. The summed E-state index contributed by atoms with van der Waals surface area (Å²) in [5, 5.41) is 3.95. The van der Waals surface area contributed by atoms with Crippen molar-refractivity contribution in [2.75, 3.05) is 6.54 Å². The van der Waals surface area contributed by atoms with Gasteiger partial charge in [0.1, 0.15) is 12.1 Å². The molecule has 1 aliphatic carbocycles. The number of piperazine rings is 1. The number of hydrogen-bond donors (Lipinski definition) is 1. The Kier molecular flexibility index (Phi) is 3.51. The van der Waals surface area contributed by atoms with Crippen LogP contribution in [-0.2, 0) is 9.59 Å². The number of carbonyl (C=O) groups excluding carboxylic acids is 2. The molecule has 1 saturated carbocycles. The first-order chi connectivity index (χ1) is 9.93. The number of aromatic nitrogens is 1. The number of aryl methyl sites for hydroxylation is 2. The monoisotopic (exact) mass is 307 g/mol. The topological polar surface area (TPSA) is 62.3 Å². The molecule has 21 heavy (non-hydrogen) atoms. The second-order valence-electron chi connectivity index (χ2n) is 6.13. The van der Waals surface area contributed by atoms with Crippen LogP contribution in [0.2, 0.25) is 0 Å². The molecule has 0 aromatic carbocycles. The molecule has 1 N–H and O–H groups in total. The van der Waals surface area contributed by atoms with E-state index in [0.29, 0.717) is 0 Å². The normalized spacial score (nSPS) is 22.7. The van der Waals surface area contributed by atoms with Gasteiger partial charge in [0.2, 0.25) is 11.8 Å². The van der Waals surface area contributed by atoms with E-state index in [-0.39, 0.29) is 24.4 Å². The molecule has 3 rings (SSSR count). The van der Waals surface area contributed by atoms with Crippen molar-refractivity contribution in [2.45, 2.75) is 58.0 Å². The number of nitrogens with one attached hydrogen (secondary N) is 1. The Morgan fingerprint density at radius 1 is 1.29 bits per heavy atom. The maximum atomic E-state index is 12.9. The summed E-state index contributed by atoms with van der Waals surface area (Å²) in [4.78, 5) is 32.3. The third-order valence-corrected chi connectivity index (χ3v) is 5.85. The van der Waals surface area contributed by atoms with E-state index in [1.54, 1.807) is 16.2 Å². The average Bonchev–Trinajstić information content (AvgIpc) is 3.01. The molecule has 2 heterocycles. The molecule has 2 fully saturated rings. The molecule has 5 nitrogen and oxygen atoms in total.